The normalized spacial score (nSPS) is 20.4. The molecule has 1 aromatic carbocycles. The standard InChI is InChI=1S/C18H30N4/c1-13(2)22-9-5-6-16(12-22)11-20-18(19)21-17-8-7-14(3)15(4)10-17/h7-8,10,13,16H,5-6,9,11-12H2,1-4H3,(H3,19,20,21). The summed E-state index contributed by atoms with van der Waals surface area (Å²) in [7, 11) is 0. The molecule has 1 fully saturated rings. The van der Waals surface area contributed by atoms with E-state index in [0.717, 1.165) is 18.8 Å². The number of likely N-dealkylation sites (tertiary alicyclic amines) is 1. The predicted octanol–water partition coefficient (Wildman–Crippen LogP) is 3.15. The number of nitrogens with one attached hydrogen (secondary N) is 1. The molecule has 4 heteroatoms. The number of nitrogens with zero attached hydrogens (tertiary/aromatic N) is 2. The summed E-state index contributed by atoms with van der Waals surface area (Å²) >= 11 is 0. The Morgan fingerprint density at radius 2 is 2.14 bits per heavy atom. The quantitative estimate of drug-likeness (QED) is 0.663. The van der Waals surface area contributed by atoms with Gasteiger partial charge in [0.15, 0.2) is 5.96 Å². The molecule has 2 rings (SSSR count). The van der Waals surface area contributed by atoms with E-state index in [2.05, 4.69) is 55.0 Å². The van der Waals surface area contributed by atoms with Crippen LogP contribution in [-0.2, 0) is 0 Å². The van der Waals surface area contributed by atoms with Gasteiger partial charge in [-0.05, 0) is 76.3 Å². The van der Waals surface area contributed by atoms with Crippen molar-refractivity contribution in [2.24, 2.45) is 16.6 Å². The second-order valence-corrected chi connectivity index (χ2v) is 6.75. The van der Waals surface area contributed by atoms with Crippen LogP contribution in [0.5, 0.6) is 0 Å². The molecule has 1 unspecified atom stereocenters. The molecule has 1 heterocycles. The van der Waals surface area contributed by atoms with E-state index in [1.165, 1.54) is 30.5 Å². The summed E-state index contributed by atoms with van der Waals surface area (Å²) < 4.78 is 0. The van der Waals surface area contributed by atoms with Gasteiger partial charge in [0.05, 0.1) is 0 Å². The van der Waals surface area contributed by atoms with E-state index in [1.807, 2.05) is 6.07 Å². The first-order chi connectivity index (χ1) is 10.5. The zero-order valence-electron chi connectivity index (χ0n) is 14.4. The lowest BCUT2D eigenvalue weighted by molar-refractivity contribution is 0.143. The molecule has 1 aliphatic rings. The minimum atomic E-state index is 0.518. The third kappa shape index (κ3) is 4.73. The van der Waals surface area contributed by atoms with E-state index in [9.17, 15) is 0 Å². The van der Waals surface area contributed by atoms with Crippen molar-refractivity contribution in [2.45, 2.75) is 46.6 Å². The molecule has 0 saturated carbocycles. The monoisotopic (exact) mass is 302 g/mol. The minimum absolute atomic E-state index is 0.518. The highest BCUT2D eigenvalue weighted by atomic mass is 15.2. The lowest BCUT2D eigenvalue weighted by Gasteiger charge is -2.34. The fraction of sp³-hybridized carbons (Fsp3) is 0.611. The Bertz CT molecular complexity index is 522. The summed E-state index contributed by atoms with van der Waals surface area (Å²) in [4.78, 5) is 7.08. The summed E-state index contributed by atoms with van der Waals surface area (Å²) in [5.41, 5.74) is 9.59. The van der Waals surface area contributed by atoms with Gasteiger partial charge < -0.3 is 16.0 Å². The Labute approximate surface area is 134 Å². The van der Waals surface area contributed by atoms with E-state index in [-0.39, 0.29) is 0 Å². The third-order valence-corrected chi connectivity index (χ3v) is 4.58. The molecule has 0 amide bonds. The molecular weight excluding hydrogens is 272 g/mol. The van der Waals surface area contributed by atoms with E-state index in [1.54, 1.807) is 0 Å². The highest BCUT2D eigenvalue weighted by molar-refractivity contribution is 5.92. The largest absolute Gasteiger partial charge is 0.370 e. The third-order valence-electron chi connectivity index (χ3n) is 4.58. The lowest BCUT2D eigenvalue weighted by atomic mass is 9.97. The lowest BCUT2D eigenvalue weighted by Crippen LogP contribution is -2.41. The Morgan fingerprint density at radius 1 is 1.36 bits per heavy atom. The van der Waals surface area contributed by atoms with Crippen LogP contribution in [0.15, 0.2) is 23.2 Å². The number of guanidine groups is 1. The maximum Gasteiger partial charge on any atom is 0.193 e. The maximum atomic E-state index is 6.03. The van der Waals surface area contributed by atoms with E-state index >= 15 is 0 Å². The van der Waals surface area contributed by atoms with Crippen molar-refractivity contribution in [3.05, 3.63) is 29.3 Å². The van der Waals surface area contributed by atoms with Crippen molar-refractivity contribution in [1.82, 2.24) is 4.90 Å². The summed E-state index contributed by atoms with van der Waals surface area (Å²) in [6, 6.07) is 6.88. The van der Waals surface area contributed by atoms with E-state index in [4.69, 9.17) is 5.73 Å². The highest BCUT2D eigenvalue weighted by Crippen LogP contribution is 2.19. The highest BCUT2D eigenvalue weighted by Gasteiger charge is 2.21. The van der Waals surface area contributed by atoms with Crippen LogP contribution < -0.4 is 11.1 Å². The van der Waals surface area contributed by atoms with Gasteiger partial charge in [-0.1, -0.05) is 6.07 Å². The molecule has 1 aliphatic heterocycles. The second kappa shape index (κ2) is 7.63. The van der Waals surface area contributed by atoms with Gasteiger partial charge in [-0.15, -0.1) is 0 Å². The Hall–Kier alpha value is -1.55. The molecular formula is C18H30N4. The first-order valence-corrected chi connectivity index (χ1v) is 8.34. The topological polar surface area (TPSA) is 53.6 Å². The zero-order chi connectivity index (χ0) is 16.1. The van der Waals surface area contributed by atoms with Crippen LogP contribution in [0.3, 0.4) is 0 Å². The van der Waals surface area contributed by atoms with Crippen molar-refractivity contribution in [1.29, 1.82) is 0 Å². The van der Waals surface area contributed by atoms with Gasteiger partial charge in [0.25, 0.3) is 0 Å². The van der Waals surface area contributed by atoms with Crippen LogP contribution in [0.1, 0.15) is 37.8 Å². The molecule has 0 radical (unpaired) electrons. The molecule has 0 aromatic heterocycles. The molecule has 1 aromatic rings. The number of aliphatic imine (C=N–C) groups is 1. The fourth-order valence-electron chi connectivity index (χ4n) is 2.95. The summed E-state index contributed by atoms with van der Waals surface area (Å²) in [5, 5.41) is 3.20. The predicted molar refractivity (Wildman–Crippen MR) is 95.5 cm³/mol. The molecule has 0 spiro atoms. The number of piperidine rings is 1. The summed E-state index contributed by atoms with van der Waals surface area (Å²) in [6.45, 7) is 11.9. The van der Waals surface area contributed by atoms with Crippen LogP contribution in [-0.4, -0.2) is 36.5 Å². The average molecular weight is 302 g/mol. The SMILES string of the molecule is Cc1ccc(NC(N)=NCC2CCCN(C(C)C)C2)cc1C. The van der Waals surface area contributed by atoms with Gasteiger partial charge in [-0.25, -0.2) is 0 Å². The molecule has 1 atom stereocenters. The van der Waals surface area contributed by atoms with Crippen molar-refractivity contribution in [2.75, 3.05) is 25.0 Å². The minimum Gasteiger partial charge on any atom is -0.370 e. The molecule has 4 nitrogen and oxygen atoms in total. The van der Waals surface area contributed by atoms with Crippen molar-refractivity contribution in [3.8, 4) is 0 Å². The van der Waals surface area contributed by atoms with Gasteiger partial charge in [0, 0.05) is 24.8 Å². The number of benzene rings is 1. The number of hydrogen-bond acceptors (Lipinski definition) is 2. The number of anilines is 1. The van der Waals surface area contributed by atoms with Gasteiger partial charge in [0.2, 0.25) is 0 Å². The molecule has 3 N–H and O–H groups in total. The Morgan fingerprint density at radius 3 is 2.82 bits per heavy atom. The molecule has 122 valence electrons. The Kier molecular flexibility index (Phi) is 5.83. The van der Waals surface area contributed by atoms with Crippen molar-refractivity contribution < 1.29 is 0 Å². The van der Waals surface area contributed by atoms with E-state index in [0.29, 0.717) is 17.9 Å². The van der Waals surface area contributed by atoms with Crippen LogP contribution >= 0.6 is 0 Å². The molecule has 1 saturated heterocycles. The van der Waals surface area contributed by atoms with Crippen molar-refractivity contribution in [3.63, 3.8) is 0 Å². The molecule has 0 bridgehead atoms. The smallest absolute Gasteiger partial charge is 0.193 e. The first-order valence-electron chi connectivity index (χ1n) is 8.34. The summed E-state index contributed by atoms with van der Waals surface area (Å²) in [5.74, 6) is 1.14. The average Bonchev–Trinajstić information content (AvgIpc) is 2.49. The van der Waals surface area contributed by atoms with Gasteiger partial charge in [0.1, 0.15) is 0 Å². The number of aryl methyl sites for hydroxylation is 2. The van der Waals surface area contributed by atoms with Crippen LogP contribution in [0.4, 0.5) is 5.69 Å². The van der Waals surface area contributed by atoms with Gasteiger partial charge >= 0.3 is 0 Å². The molecule has 0 aliphatic carbocycles. The number of hydrogen-bond donors (Lipinski definition) is 2. The molecule has 22 heavy (non-hydrogen) atoms. The van der Waals surface area contributed by atoms with Crippen LogP contribution in [0, 0.1) is 19.8 Å². The van der Waals surface area contributed by atoms with Crippen LogP contribution in [0.2, 0.25) is 0 Å². The Balaban J connectivity index is 1.88. The van der Waals surface area contributed by atoms with Gasteiger partial charge in [-0.3, -0.25) is 4.99 Å². The van der Waals surface area contributed by atoms with E-state index < -0.39 is 0 Å². The van der Waals surface area contributed by atoms with Gasteiger partial charge in [-0.2, -0.15) is 0 Å². The second-order valence-electron chi connectivity index (χ2n) is 6.75. The maximum absolute atomic E-state index is 6.03. The zero-order valence-corrected chi connectivity index (χ0v) is 14.4. The van der Waals surface area contributed by atoms with Crippen molar-refractivity contribution >= 4 is 11.6 Å². The first kappa shape index (κ1) is 16.8. The summed E-state index contributed by atoms with van der Waals surface area (Å²) in [6.07, 6.45) is 2.52. The number of nitrogens with two attached hydrogens (primary N) is 1. The fourth-order valence-corrected chi connectivity index (χ4v) is 2.95. The van der Waals surface area contributed by atoms with Crippen LogP contribution in [0.25, 0.3) is 0 Å². The number of rotatable bonds is 4.